The van der Waals surface area contributed by atoms with Crippen LogP contribution in [-0.2, 0) is 19.4 Å². The number of sulfone groups is 1. The second-order valence-corrected chi connectivity index (χ2v) is 12.0. The lowest BCUT2D eigenvalue weighted by Crippen LogP contribution is -2.39. The zero-order valence-corrected chi connectivity index (χ0v) is 19.7. The molecule has 0 aliphatic carbocycles. The van der Waals surface area contributed by atoms with Gasteiger partial charge < -0.3 is 15.0 Å². The van der Waals surface area contributed by atoms with Gasteiger partial charge in [-0.2, -0.15) is 4.99 Å². The van der Waals surface area contributed by atoms with Crippen LogP contribution in [0.25, 0.3) is 0 Å². The minimum absolute atomic E-state index is 0.0135. The molecule has 1 N–H and O–H groups in total. The third kappa shape index (κ3) is 5.40. The van der Waals surface area contributed by atoms with E-state index in [9.17, 15) is 18.0 Å². The minimum atomic E-state index is -3.21. The topological polar surface area (TPSA) is 105 Å². The molecular formula is C18H21Cl2N3O5S2. The Bertz CT molecular complexity index is 1010. The predicted octanol–water partition coefficient (Wildman–Crippen LogP) is 3.12. The van der Waals surface area contributed by atoms with E-state index in [-0.39, 0.29) is 28.3 Å². The molecule has 3 rings (SSSR count). The van der Waals surface area contributed by atoms with Crippen LogP contribution in [0.1, 0.15) is 20.8 Å². The molecule has 30 heavy (non-hydrogen) atoms. The van der Waals surface area contributed by atoms with Crippen molar-refractivity contribution in [1.29, 1.82) is 0 Å². The number of halogens is 2. The molecule has 8 nitrogen and oxygen atoms in total. The highest BCUT2D eigenvalue weighted by Crippen LogP contribution is 2.44. The largest absolute Gasteiger partial charge is 0.444 e. The van der Waals surface area contributed by atoms with E-state index in [1.807, 2.05) is 0 Å². The molecule has 2 aliphatic rings. The molecule has 1 aromatic rings. The van der Waals surface area contributed by atoms with E-state index in [1.165, 1.54) is 11.8 Å². The molecule has 0 unspecified atom stereocenters. The van der Waals surface area contributed by atoms with E-state index in [0.29, 0.717) is 15.9 Å². The summed E-state index contributed by atoms with van der Waals surface area (Å²) in [5.41, 5.74) is -0.212. The monoisotopic (exact) mass is 493 g/mol. The van der Waals surface area contributed by atoms with Gasteiger partial charge in [-0.1, -0.05) is 41.0 Å². The Morgan fingerprint density at radius 3 is 2.67 bits per heavy atom. The fraction of sp³-hybridized carbons (Fsp3) is 0.500. The first-order valence-corrected chi connectivity index (χ1v) is 12.5. The number of anilines is 1. The van der Waals surface area contributed by atoms with Crippen LogP contribution in [0, 0.1) is 0 Å². The summed E-state index contributed by atoms with van der Waals surface area (Å²) < 4.78 is 29.3. The maximum absolute atomic E-state index is 12.4. The number of hydrogen-bond donors (Lipinski definition) is 1. The fourth-order valence-electron chi connectivity index (χ4n) is 3.13. The standard InChI is InChI=1S/C18H21Cl2N3O5S2/c1-18(2,3)28-17(25)21-7-14(24)22-16-23(11-6-4-5-10(19)15(11)20)12-8-30(26,27)9-13(12)29-16/h4-6,12-13H,7-9H2,1-3H3,(H,21,25)/t12-,13+/m0/s1. The number of hydrogen-bond acceptors (Lipinski definition) is 6. The molecule has 1 aromatic carbocycles. The summed E-state index contributed by atoms with van der Waals surface area (Å²) in [6.45, 7) is 4.78. The van der Waals surface area contributed by atoms with Gasteiger partial charge in [0.15, 0.2) is 15.0 Å². The molecule has 12 heteroatoms. The second-order valence-electron chi connectivity index (χ2n) is 7.89. The number of aliphatic imine (C=N–C) groups is 1. The molecule has 0 saturated carbocycles. The molecule has 2 saturated heterocycles. The van der Waals surface area contributed by atoms with Crippen molar-refractivity contribution in [3.05, 3.63) is 28.2 Å². The van der Waals surface area contributed by atoms with Gasteiger partial charge >= 0.3 is 6.09 Å². The summed E-state index contributed by atoms with van der Waals surface area (Å²) in [6, 6.07) is 4.59. The van der Waals surface area contributed by atoms with Crippen LogP contribution in [0.3, 0.4) is 0 Å². The summed E-state index contributed by atoms with van der Waals surface area (Å²) in [5, 5.41) is 2.95. The minimum Gasteiger partial charge on any atom is -0.444 e. The number of fused-ring (bicyclic) bond motifs is 1. The average molecular weight is 494 g/mol. The number of carbonyl (C=O) groups excluding carboxylic acids is 2. The Morgan fingerprint density at radius 2 is 2.00 bits per heavy atom. The van der Waals surface area contributed by atoms with Gasteiger partial charge in [-0.3, -0.25) is 4.79 Å². The zero-order chi connectivity index (χ0) is 22.3. The number of amidine groups is 1. The maximum atomic E-state index is 12.4. The SMILES string of the molecule is CC(C)(C)OC(=O)NCC(=O)N=C1S[C@@H]2CS(=O)(=O)C[C@@H]2N1c1cccc(Cl)c1Cl. The Kier molecular flexibility index (Phi) is 6.62. The Morgan fingerprint density at radius 1 is 1.30 bits per heavy atom. The van der Waals surface area contributed by atoms with Crippen LogP contribution >= 0.6 is 35.0 Å². The molecule has 2 atom stereocenters. The number of benzene rings is 1. The number of ether oxygens (including phenoxy) is 1. The number of amides is 2. The number of carbonyl (C=O) groups is 2. The number of thioether (sulfide) groups is 1. The predicted molar refractivity (Wildman–Crippen MR) is 119 cm³/mol. The van der Waals surface area contributed by atoms with Gasteiger partial charge in [0.2, 0.25) is 0 Å². The first-order valence-electron chi connectivity index (χ1n) is 9.05. The lowest BCUT2D eigenvalue weighted by Gasteiger charge is -2.25. The van der Waals surface area contributed by atoms with Crippen LogP contribution in [0.4, 0.5) is 10.5 Å². The average Bonchev–Trinajstić information content (AvgIpc) is 3.05. The van der Waals surface area contributed by atoms with Gasteiger partial charge in [0.1, 0.15) is 12.1 Å². The van der Waals surface area contributed by atoms with Crippen molar-refractivity contribution < 1.29 is 22.7 Å². The van der Waals surface area contributed by atoms with Crippen LogP contribution in [0.5, 0.6) is 0 Å². The van der Waals surface area contributed by atoms with Crippen LogP contribution < -0.4 is 10.2 Å². The quantitative estimate of drug-likeness (QED) is 0.689. The van der Waals surface area contributed by atoms with Crippen molar-refractivity contribution >= 4 is 67.7 Å². The van der Waals surface area contributed by atoms with Crippen molar-refractivity contribution in [2.45, 2.75) is 37.7 Å². The van der Waals surface area contributed by atoms with Gasteiger partial charge in [-0.05, 0) is 32.9 Å². The summed E-state index contributed by atoms with van der Waals surface area (Å²) in [4.78, 5) is 29.9. The van der Waals surface area contributed by atoms with E-state index in [0.717, 1.165) is 0 Å². The van der Waals surface area contributed by atoms with E-state index in [1.54, 1.807) is 43.9 Å². The summed E-state index contributed by atoms with van der Waals surface area (Å²) >= 11 is 13.7. The van der Waals surface area contributed by atoms with E-state index in [4.69, 9.17) is 27.9 Å². The summed E-state index contributed by atoms with van der Waals surface area (Å²) in [5.74, 6) is -0.689. The molecule has 164 valence electrons. The molecule has 2 fully saturated rings. The number of rotatable bonds is 3. The summed E-state index contributed by atoms with van der Waals surface area (Å²) in [6.07, 6.45) is -0.729. The third-order valence-electron chi connectivity index (χ3n) is 4.26. The van der Waals surface area contributed by atoms with Gasteiger partial charge in [0.25, 0.3) is 5.91 Å². The van der Waals surface area contributed by atoms with Crippen LogP contribution in [0.2, 0.25) is 10.0 Å². The Labute approximate surface area is 189 Å². The number of nitrogens with one attached hydrogen (secondary N) is 1. The first kappa shape index (κ1) is 23.2. The Hall–Kier alpha value is -1.49. The number of nitrogens with zero attached hydrogens (tertiary/aromatic N) is 2. The first-order chi connectivity index (χ1) is 13.9. The van der Waals surface area contributed by atoms with E-state index in [2.05, 4.69) is 10.3 Å². The highest BCUT2D eigenvalue weighted by Gasteiger charge is 2.49. The maximum Gasteiger partial charge on any atom is 0.408 e. The Balaban J connectivity index is 1.83. The van der Waals surface area contributed by atoms with Gasteiger partial charge in [0, 0.05) is 5.25 Å². The van der Waals surface area contributed by atoms with Crippen molar-refractivity contribution in [3.8, 4) is 0 Å². The van der Waals surface area contributed by atoms with Crippen LogP contribution in [-0.4, -0.2) is 60.5 Å². The molecule has 2 heterocycles. The smallest absolute Gasteiger partial charge is 0.408 e. The van der Waals surface area contributed by atoms with Gasteiger partial charge in [-0.15, -0.1) is 0 Å². The van der Waals surface area contributed by atoms with Gasteiger partial charge in [0.05, 0.1) is 33.3 Å². The van der Waals surface area contributed by atoms with Crippen molar-refractivity contribution in [2.24, 2.45) is 4.99 Å². The lowest BCUT2D eigenvalue weighted by molar-refractivity contribution is -0.117. The van der Waals surface area contributed by atoms with Crippen molar-refractivity contribution in [2.75, 3.05) is 23.0 Å². The second kappa shape index (κ2) is 8.57. The van der Waals surface area contributed by atoms with Crippen molar-refractivity contribution in [3.63, 3.8) is 0 Å². The molecule has 0 bridgehead atoms. The fourth-order valence-corrected chi connectivity index (χ4v) is 7.44. The van der Waals surface area contributed by atoms with Crippen molar-refractivity contribution in [1.82, 2.24) is 5.32 Å². The molecule has 0 spiro atoms. The van der Waals surface area contributed by atoms with Gasteiger partial charge in [-0.25, -0.2) is 13.2 Å². The zero-order valence-electron chi connectivity index (χ0n) is 16.5. The third-order valence-corrected chi connectivity index (χ3v) is 8.28. The highest BCUT2D eigenvalue weighted by atomic mass is 35.5. The molecular weight excluding hydrogens is 473 g/mol. The molecule has 2 amide bonds. The molecule has 0 radical (unpaired) electrons. The summed E-state index contributed by atoms with van der Waals surface area (Å²) in [7, 11) is -3.21. The molecule has 0 aromatic heterocycles. The highest BCUT2D eigenvalue weighted by molar-refractivity contribution is 8.16. The van der Waals surface area contributed by atoms with E-state index < -0.39 is 33.5 Å². The molecule has 2 aliphatic heterocycles. The van der Waals surface area contributed by atoms with E-state index >= 15 is 0 Å². The lowest BCUT2D eigenvalue weighted by atomic mass is 10.2. The number of alkyl carbamates (subject to hydrolysis) is 1. The van der Waals surface area contributed by atoms with Crippen LogP contribution in [0.15, 0.2) is 23.2 Å². The normalized spacial score (nSPS) is 24.0.